The van der Waals surface area contributed by atoms with Gasteiger partial charge in [0.15, 0.2) is 9.90 Å². The van der Waals surface area contributed by atoms with Crippen molar-refractivity contribution in [3.05, 3.63) is 11.2 Å². The van der Waals surface area contributed by atoms with Crippen molar-refractivity contribution < 1.29 is 27.9 Å². The summed E-state index contributed by atoms with van der Waals surface area (Å²) in [6.07, 6.45) is 0. The quantitative estimate of drug-likeness (QED) is 0.723. The van der Waals surface area contributed by atoms with Gasteiger partial charge in [-0.05, 0) is 5.92 Å². The molecule has 112 valence electrons. The van der Waals surface area contributed by atoms with Gasteiger partial charge in [0, 0.05) is 0 Å². The first-order valence-corrected chi connectivity index (χ1v) is 7.84. The molecule has 1 rings (SSSR count). The minimum absolute atomic E-state index is 0.363. The third-order valence-electron chi connectivity index (χ3n) is 2.39. The Morgan fingerprint density at radius 1 is 1.45 bits per heavy atom. The molecule has 1 aromatic rings. The Bertz CT molecular complexity index is 607. The van der Waals surface area contributed by atoms with Gasteiger partial charge in [0.1, 0.15) is 6.04 Å². The molecule has 8 nitrogen and oxygen atoms in total. The van der Waals surface area contributed by atoms with Gasteiger partial charge in [0.2, 0.25) is 0 Å². The maximum Gasteiger partial charge on any atom is 0.356 e. The first-order chi connectivity index (χ1) is 9.20. The van der Waals surface area contributed by atoms with Crippen LogP contribution in [0.15, 0.2) is 9.72 Å². The molecule has 0 bridgehead atoms. The maximum atomic E-state index is 12.1. The van der Waals surface area contributed by atoms with Crippen molar-refractivity contribution in [1.29, 1.82) is 0 Å². The minimum atomic E-state index is -4.17. The van der Waals surface area contributed by atoms with E-state index in [-0.39, 0.29) is 5.92 Å². The maximum absolute atomic E-state index is 12.1. The molecular formula is C10H14N2O6S2. The lowest BCUT2D eigenvalue weighted by atomic mass is 10.1. The predicted octanol–water partition coefficient (Wildman–Crippen LogP) is 0.317. The van der Waals surface area contributed by atoms with Crippen molar-refractivity contribution >= 4 is 33.3 Å². The zero-order chi connectivity index (χ0) is 15.5. The molecule has 0 unspecified atom stereocenters. The zero-order valence-electron chi connectivity index (χ0n) is 11.0. The number of nitrogens with one attached hydrogen (secondary N) is 1. The highest BCUT2D eigenvalue weighted by Gasteiger charge is 2.32. The molecule has 10 heteroatoms. The number of nitrogens with zero attached hydrogens (tertiary/aromatic N) is 1. The Morgan fingerprint density at radius 2 is 2.05 bits per heavy atom. The monoisotopic (exact) mass is 322 g/mol. The third-order valence-corrected chi connectivity index (χ3v) is 5.20. The number of carbonyl (C=O) groups is 2. The summed E-state index contributed by atoms with van der Waals surface area (Å²) in [5.74, 6) is -2.56. The highest BCUT2D eigenvalue weighted by atomic mass is 32.2. The molecule has 20 heavy (non-hydrogen) atoms. The van der Waals surface area contributed by atoms with E-state index in [9.17, 15) is 18.0 Å². The summed E-state index contributed by atoms with van der Waals surface area (Å²) < 4.78 is 30.5. The average molecular weight is 322 g/mol. The summed E-state index contributed by atoms with van der Waals surface area (Å²) in [5.41, 5.74) is 0.537. The number of esters is 1. The number of carbonyl (C=O) groups excluding carboxylic acids is 1. The molecule has 2 N–H and O–H groups in total. The van der Waals surface area contributed by atoms with Crippen LogP contribution in [-0.2, 0) is 19.6 Å². The van der Waals surface area contributed by atoms with E-state index in [1.165, 1.54) is 0 Å². The number of carboxylic acids is 1. The molecule has 0 saturated heterocycles. The van der Waals surface area contributed by atoms with E-state index in [1.807, 2.05) is 0 Å². The summed E-state index contributed by atoms with van der Waals surface area (Å²) in [5, 5.41) is 8.88. The van der Waals surface area contributed by atoms with Crippen molar-refractivity contribution in [2.75, 3.05) is 7.11 Å². The SMILES string of the molecule is COC(=O)[C@@H](NS(=O)(=O)c1scnc1C(=O)O)C(C)C. The van der Waals surface area contributed by atoms with Gasteiger partial charge in [0.05, 0.1) is 12.6 Å². The standard InChI is InChI=1S/C10H14N2O6S2/c1-5(2)6(9(15)18-3)12-20(16,17)10-7(8(13)14)11-4-19-10/h4-6,12H,1-3H3,(H,13,14)/t6-/m0/s1. The van der Waals surface area contributed by atoms with Gasteiger partial charge in [-0.3, -0.25) is 4.79 Å². The van der Waals surface area contributed by atoms with Crippen LogP contribution in [0.4, 0.5) is 0 Å². The Kier molecular flexibility index (Phi) is 5.20. The number of hydrogen-bond acceptors (Lipinski definition) is 7. The number of carboxylic acid groups (broad SMARTS) is 1. The van der Waals surface area contributed by atoms with Crippen LogP contribution < -0.4 is 4.72 Å². The second-order valence-electron chi connectivity index (χ2n) is 4.16. The first-order valence-electron chi connectivity index (χ1n) is 5.47. The average Bonchev–Trinajstić information content (AvgIpc) is 2.84. The highest BCUT2D eigenvalue weighted by Crippen LogP contribution is 2.21. The Morgan fingerprint density at radius 3 is 2.50 bits per heavy atom. The molecule has 1 atom stereocenters. The topological polar surface area (TPSA) is 123 Å². The molecule has 0 aliphatic heterocycles. The normalized spacial score (nSPS) is 13.2. The van der Waals surface area contributed by atoms with Gasteiger partial charge in [-0.25, -0.2) is 18.2 Å². The van der Waals surface area contributed by atoms with Crippen LogP contribution in [0.3, 0.4) is 0 Å². The molecule has 0 aliphatic carbocycles. The fourth-order valence-electron chi connectivity index (χ4n) is 1.37. The van der Waals surface area contributed by atoms with Crippen LogP contribution in [0.2, 0.25) is 0 Å². The van der Waals surface area contributed by atoms with Crippen molar-refractivity contribution in [2.24, 2.45) is 5.92 Å². The second-order valence-corrected chi connectivity index (χ2v) is 6.92. The third kappa shape index (κ3) is 3.52. The Hall–Kier alpha value is -1.52. The fourth-order valence-corrected chi connectivity index (χ4v) is 3.86. The molecule has 0 spiro atoms. The number of hydrogen-bond donors (Lipinski definition) is 2. The smallest absolute Gasteiger partial charge is 0.356 e. The van der Waals surface area contributed by atoms with E-state index in [0.29, 0.717) is 11.3 Å². The van der Waals surface area contributed by atoms with Crippen LogP contribution in [0.5, 0.6) is 0 Å². The number of rotatable bonds is 6. The minimum Gasteiger partial charge on any atom is -0.476 e. The van der Waals surface area contributed by atoms with Gasteiger partial charge in [-0.2, -0.15) is 4.72 Å². The summed E-state index contributed by atoms with van der Waals surface area (Å²) in [6.45, 7) is 3.27. The van der Waals surface area contributed by atoms with Gasteiger partial charge < -0.3 is 9.84 Å². The zero-order valence-corrected chi connectivity index (χ0v) is 12.6. The molecule has 1 aromatic heterocycles. The first kappa shape index (κ1) is 16.5. The van der Waals surface area contributed by atoms with Crippen LogP contribution in [0.1, 0.15) is 24.3 Å². The van der Waals surface area contributed by atoms with Crippen LogP contribution >= 0.6 is 11.3 Å². The largest absolute Gasteiger partial charge is 0.476 e. The van der Waals surface area contributed by atoms with Gasteiger partial charge >= 0.3 is 11.9 Å². The number of methoxy groups -OCH3 is 1. The molecule has 0 amide bonds. The molecule has 0 radical (unpaired) electrons. The lowest BCUT2D eigenvalue weighted by Crippen LogP contribution is -2.45. The summed E-state index contributed by atoms with van der Waals surface area (Å²) in [7, 11) is -3.03. The number of aromatic nitrogens is 1. The van der Waals surface area contributed by atoms with Crippen LogP contribution in [0.25, 0.3) is 0 Å². The van der Waals surface area contributed by atoms with Gasteiger partial charge in [-0.15, -0.1) is 11.3 Å². The Balaban J connectivity index is 3.13. The van der Waals surface area contributed by atoms with Crippen molar-refractivity contribution in [3.63, 3.8) is 0 Å². The summed E-state index contributed by atoms with van der Waals surface area (Å²) in [6, 6.07) is -1.10. The van der Waals surface area contributed by atoms with Crippen LogP contribution in [-0.4, -0.2) is 43.6 Å². The number of ether oxygens (including phenoxy) is 1. The number of sulfonamides is 1. The lowest BCUT2D eigenvalue weighted by Gasteiger charge is -2.19. The molecule has 1 heterocycles. The van der Waals surface area contributed by atoms with E-state index in [4.69, 9.17) is 5.11 Å². The van der Waals surface area contributed by atoms with Crippen molar-refractivity contribution in [1.82, 2.24) is 9.71 Å². The van der Waals surface area contributed by atoms with Gasteiger partial charge in [-0.1, -0.05) is 13.8 Å². The van der Waals surface area contributed by atoms with Crippen molar-refractivity contribution in [2.45, 2.75) is 24.1 Å². The van der Waals surface area contributed by atoms with E-state index >= 15 is 0 Å². The highest BCUT2D eigenvalue weighted by molar-refractivity contribution is 7.91. The molecule has 0 aromatic carbocycles. The second kappa shape index (κ2) is 6.29. The summed E-state index contributed by atoms with van der Waals surface area (Å²) in [4.78, 5) is 25.9. The molecule has 0 fully saturated rings. The summed E-state index contributed by atoms with van der Waals surface area (Å²) >= 11 is 0.663. The van der Waals surface area contributed by atoms with Crippen molar-refractivity contribution in [3.8, 4) is 0 Å². The van der Waals surface area contributed by atoms with E-state index in [0.717, 1.165) is 12.6 Å². The van der Waals surface area contributed by atoms with Gasteiger partial charge in [0.25, 0.3) is 10.0 Å². The fraction of sp³-hybridized carbons (Fsp3) is 0.500. The number of aromatic carboxylic acids is 1. The van der Waals surface area contributed by atoms with E-state index < -0.39 is 37.9 Å². The van der Waals surface area contributed by atoms with Crippen LogP contribution in [0, 0.1) is 5.92 Å². The lowest BCUT2D eigenvalue weighted by molar-refractivity contribution is -0.143. The molecular weight excluding hydrogens is 308 g/mol. The van der Waals surface area contributed by atoms with E-state index in [2.05, 4.69) is 14.4 Å². The molecule has 0 saturated carbocycles. The molecule has 0 aliphatic rings. The number of thiazole rings is 1. The predicted molar refractivity (Wildman–Crippen MR) is 70.0 cm³/mol. The Labute approximate surface area is 119 Å². The van der Waals surface area contributed by atoms with E-state index in [1.54, 1.807) is 13.8 Å².